The molecule has 0 radical (unpaired) electrons. The highest BCUT2D eigenvalue weighted by atomic mass is 32.2. The van der Waals surface area contributed by atoms with E-state index in [0.29, 0.717) is 22.7 Å². The van der Waals surface area contributed by atoms with Gasteiger partial charge < -0.3 is 10.6 Å². The van der Waals surface area contributed by atoms with Gasteiger partial charge >= 0.3 is 0 Å². The van der Waals surface area contributed by atoms with Crippen LogP contribution in [0.15, 0.2) is 29.4 Å². The van der Waals surface area contributed by atoms with Crippen molar-refractivity contribution in [3.05, 3.63) is 30.1 Å². The predicted octanol–water partition coefficient (Wildman–Crippen LogP) is 4.53. The van der Waals surface area contributed by atoms with Crippen molar-refractivity contribution in [2.45, 2.75) is 76.9 Å². The molecule has 3 rings (SSSR count). The normalized spacial score (nSPS) is 14.5. The Labute approximate surface area is 188 Å². The Balaban J connectivity index is 1.66. The third-order valence-electron chi connectivity index (χ3n) is 5.18. The molecule has 31 heavy (non-hydrogen) atoms. The van der Waals surface area contributed by atoms with Gasteiger partial charge in [-0.1, -0.05) is 44.5 Å². The molecule has 1 unspecified atom stereocenters. The van der Waals surface area contributed by atoms with Gasteiger partial charge in [0.1, 0.15) is 5.82 Å². The summed E-state index contributed by atoms with van der Waals surface area (Å²) < 4.78 is 2.02. The van der Waals surface area contributed by atoms with Crippen molar-refractivity contribution in [1.29, 1.82) is 0 Å². The van der Waals surface area contributed by atoms with E-state index < -0.39 is 0 Å². The third kappa shape index (κ3) is 7.09. The molecule has 2 aromatic rings. The Morgan fingerprint density at radius 1 is 1.19 bits per heavy atom. The lowest BCUT2D eigenvalue weighted by atomic mass is 10.0. The van der Waals surface area contributed by atoms with Crippen LogP contribution in [0.1, 0.15) is 71.5 Å². The number of anilines is 1. The zero-order valence-electron chi connectivity index (χ0n) is 18.9. The van der Waals surface area contributed by atoms with Crippen LogP contribution >= 0.6 is 11.8 Å². The molecule has 8 heteroatoms. The van der Waals surface area contributed by atoms with E-state index >= 15 is 0 Å². The number of nitrogens with one attached hydrogen (secondary N) is 2. The second-order valence-electron chi connectivity index (χ2n) is 8.76. The lowest BCUT2D eigenvalue weighted by Gasteiger charge is -2.15. The second-order valence-corrected chi connectivity index (χ2v) is 9.71. The summed E-state index contributed by atoms with van der Waals surface area (Å²) in [6, 6.07) is 7.81. The molecule has 168 valence electrons. The van der Waals surface area contributed by atoms with Gasteiger partial charge in [-0.25, -0.2) is 0 Å². The van der Waals surface area contributed by atoms with E-state index in [4.69, 9.17) is 0 Å². The average molecular weight is 444 g/mol. The molecule has 1 aromatic carbocycles. The first-order valence-corrected chi connectivity index (χ1v) is 12.1. The molecule has 1 heterocycles. The molecule has 1 saturated carbocycles. The molecular formula is C23H33N5O2S. The summed E-state index contributed by atoms with van der Waals surface area (Å²) in [6.07, 6.45) is 5.49. The van der Waals surface area contributed by atoms with Crippen LogP contribution in [0.2, 0.25) is 0 Å². The molecule has 1 aliphatic carbocycles. The van der Waals surface area contributed by atoms with Gasteiger partial charge in [-0.3, -0.25) is 14.2 Å². The largest absolute Gasteiger partial charge is 0.353 e. The van der Waals surface area contributed by atoms with Gasteiger partial charge in [0.2, 0.25) is 11.8 Å². The van der Waals surface area contributed by atoms with E-state index in [2.05, 4.69) is 41.6 Å². The van der Waals surface area contributed by atoms with E-state index in [1.807, 2.05) is 28.8 Å². The molecule has 0 spiro atoms. The summed E-state index contributed by atoms with van der Waals surface area (Å²) in [7, 11) is 0. The minimum absolute atomic E-state index is 0.0107. The number of benzene rings is 1. The molecular weight excluding hydrogens is 410 g/mol. The maximum Gasteiger partial charge on any atom is 0.230 e. The highest BCUT2D eigenvalue weighted by molar-refractivity contribution is 7.99. The summed E-state index contributed by atoms with van der Waals surface area (Å²) in [5.41, 5.74) is 1.62. The number of amides is 2. The Morgan fingerprint density at radius 3 is 2.65 bits per heavy atom. The van der Waals surface area contributed by atoms with Crippen LogP contribution in [0, 0.1) is 5.92 Å². The van der Waals surface area contributed by atoms with E-state index in [1.54, 1.807) is 0 Å². The Morgan fingerprint density at radius 2 is 1.97 bits per heavy atom. The van der Waals surface area contributed by atoms with E-state index in [1.165, 1.54) is 25.1 Å². The van der Waals surface area contributed by atoms with Gasteiger partial charge in [0.05, 0.1) is 11.4 Å². The average Bonchev–Trinajstić information content (AvgIpc) is 3.45. The Kier molecular flexibility index (Phi) is 8.12. The molecule has 2 N–H and O–H groups in total. The van der Waals surface area contributed by atoms with Crippen molar-refractivity contribution in [3.8, 4) is 5.69 Å². The maximum atomic E-state index is 12.5. The van der Waals surface area contributed by atoms with E-state index in [9.17, 15) is 9.59 Å². The zero-order chi connectivity index (χ0) is 22.4. The number of carbonyl (C=O) groups excluding carboxylic acids is 2. The van der Waals surface area contributed by atoms with Crippen molar-refractivity contribution < 1.29 is 9.59 Å². The molecule has 1 atom stereocenters. The first-order chi connectivity index (χ1) is 14.8. The molecule has 2 amide bonds. The van der Waals surface area contributed by atoms with E-state index in [0.717, 1.165) is 42.9 Å². The van der Waals surface area contributed by atoms with Gasteiger partial charge in [-0.2, -0.15) is 0 Å². The maximum absolute atomic E-state index is 12.5. The van der Waals surface area contributed by atoms with E-state index in [-0.39, 0.29) is 17.9 Å². The Hall–Kier alpha value is -2.35. The van der Waals surface area contributed by atoms with Gasteiger partial charge in [-0.15, -0.1) is 10.2 Å². The molecule has 1 aliphatic rings. The van der Waals surface area contributed by atoms with Gasteiger partial charge in [0, 0.05) is 24.6 Å². The van der Waals surface area contributed by atoms with Crippen LogP contribution in [0.25, 0.3) is 5.69 Å². The summed E-state index contributed by atoms with van der Waals surface area (Å²) in [6.45, 7) is 7.99. The lowest BCUT2D eigenvalue weighted by Crippen LogP contribution is -2.33. The van der Waals surface area contributed by atoms with Gasteiger partial charge in [0.15, 0.2) is 5.16 Å². The summed E-state index contributed by atoms with van der Waals surface area (Å²) >= 11 is 1.40. The van der Waals surface area contributed by atoms with Crippen molar-refractivity contribution in [2.75, 3.05) is 11.1 Å². The van der Waals surface area contributed by atoms with Crippen LogP contribution in [0.4, 0.5) is 5.69 Å². The number of nitrogens with zero attached hydrogens (tertiary/aromatic N) is 3. The summed E-state index contributed by atoms with van der Waals surface area (Å²) in [4.78, 5) is 23.9. The quantitative estimate of drug-likeness (QED) is 0.498. The van der Waals surface area contributed by atoms with Crippen molar-refractivity contribution in [3.63, 3.8) is 0 Å². The predicted molar refractivity (Wildman–Crippen MR) is 125 cm³/mol. The molecule has 0 aliphatic heterocycles. The lowest BCUT2D eigenvalue weighted by molar-refractivity contribution is -0.119. The number of hydrogen-bond acceptors (Lipinski definition) is 5. The van der Waals surface area contributed by atoms with Crippen molar-refractivity contribution >= 4 is 29.3 Å². The fraction of sp³-hybridized carbons (Fsp3) is 0.565. The third-order valence-corrected chi connectivity index (χ3v) is 6.11. The fourth-order valence-electron chi connectivity index (χ4n) is 3.50. The summed E-state index contributed by atoms with van der Waals surface area (Å²) in [5, 5.41) is 15.4. The number of carbonyl (C=O) groups is 2. The molecule has 1 fully saturated rings. The highest BCUT2D eigenvalue weighted by Crippen LogP contribution is 2.41. The summed E-state index contributed by atoms with van der Waals surface area (Å²) in [5.74, 6) is 2.21. The van der Waals surface area contributed by atoms with Gasteiger partial charge in [-0.05, 0) is 50.3 Å². The SMILES string of the molecule is CC(=O)Nc1cccc(-n2c(SCC(=O)NC(C)CCCC(C)C)nnc2C2CC2)c1. The number of hydrogen-bond donors (Lipinski definition) is 2. The van der Waals surface area contributed by atoms with Crippen LogP contribution < -0.4 is 10.6 Å². The molecule has 1 aromatic heterocycles. The zero-order valence-corrected chi connectivity index (χ0v) is 19.7. The highest BCUT2D eigenvalue weighted by Gasteiger charge is 2.31. The van der Waals surface area contributed by atoms with Gasteiger partial charge in [0.25, 0.3) is 0 Å². The second kappa shape index (κ2) is 10.8. The Bertz CT molecular complexity index is 907. The first-order valence-electron chi connectivity index (χ1n) is 11.1. The smallest absolute Gasteiger partial charge is 0.230 e. The first kappa shape index (κ1) is 23.3. The van der Waals surface area contributed by atoms with Crippen LogP contribution in [-0.4, -0.2) is 38.4 Å². The van der Waals surface area contributed by atoms with Crippen LogP contribution in [-0.2, 0) is 9.59 Å². The molecule has 0 bridgehead atoms. The topological polar surface area (TPSA) is 88.9 Å². The minimum atomic E-state index is -0.114. The molecule has 0 saturated heterocycles. The van der Waals surface area contributed by atoms with Crippen molar-refractivity contribution in [1.82, 2.24) is 20.1 Å². The van der Waals surface area contributed by atoms with Crippen LogP contribution in [0.5, 0.6) is 0 Å². The standard InChI is InChI=1S/C23H33N5O2S/c1-15(2)7-5-8-16(3)24-21(30)14-31-23-27-26-22(18-11-12-18)28(23)20-10-6-9-19(13-20)25-17(4)29/h6,9-10,13,15-16,18H,5,7-8,11-12,14H2,1-4H3,(H,24,30)(H,25,29). The monoisotopic (exact) mass is 443 g/mol. The van der Waals surface area contributed by atoms with Crippen LogP contribution in [0.3, 0.4) is 0 Å². The fourth-order valence-corrected chi connectivity index (χ4v) is 4.27. The minimum Gasteiger partial charge on any atom is -0.353 e. The number of aromatic nitrogens is 3. The number of rotatable bonds is 11. The molecule has 7 nitrogen and oxygen atoms in total. The van der Waals surface area contributed by atoms with Crippen molar-refractivity contribution in [2.24, 2.45) is 5.92 Å². The number of thioether (sulfide) groups is 1.